The summed E-state index contributed by atoms with van der Waals surface area (Å²) in [6, 6.07) is 0. The van der Waals surface area contributed by atoms with Crippen molar-refractivity contribution >= 4 is 5.71 Å². The van der Waals surface area contributed by atoms with Crippen molar-refractivity contribution in [1.82, 2.24) is 0 Å². The Labute approximate surface area is 43.1 Å². The van der Waals surface area contributed by atoms with Crippen molar-refractivity contribution in [3.8, 4) is 0 Å². The van der Waals surface area contributed by atoms with Crippen LogP contribution in [-0.2, 0) is 4.84 Å². The molecule has 0 bridgehead atoms. The molecule has 0 atom stereocenters. The predicted octanol–water partition coefficient (Wildman–Crippen LogP) is -0.0326. The molecule has 0 aromatic heterocycles. The van der Waals surface area contributed by atoms with Crippen LogP contribution in [0, 0.1) is 0 Å². The molecule has 0 fully saturated rings. The minimum atomic E-state index is 0.466. The molecule has 0 spiro atoms. The molecule has 0 unspecified atom stereocenters. The zero-order chi connectivity index (χ0) is 5.70. The molecule has 0 rings (SSSR count). The summed E-state index contributed by atoms with van der Waals surface area (Å²) in [4.78, 5) is 4.40. The number of hydrogen-bond donors (Lipinski definition) is 1. The van der Waals surface area contributed by atoms with Gasteiger partial charge < -0.3 is 10.6 Å². The highest BCUT2D eigenvalue weighted by molar-refractivity contribution is 5.83. The van der Waals surface area contributed by atoms with Crippen molar-refractivity contribution in [1.29, 1.82) is 0 Å². The van der Waals surface area contributed by atoms with Gasteiger partial charge in [-0.05, 0) is 6.92 Å². The Kier molecular flexibility index (Phi) is 3.32. The van der Waals surface area contributed by atoms with E-state index >= 15 is 0 Å². The number of rotatable bonds is 2. The molecule has 0 aliphatic heterocycles. The summed E-state index contributed by atoms with van der Waals surface area (Å²) in [6.45, 7) is 2.28. The normalized spacial score (nSPS) is 11.6. The second-order valence-corrected chi connectivity index (χ2v) is 1.21. The molecule has 0 aromatic carbocycles. The van der Waals surface area contributed by atoms with E-state index in [9.17, 15) is 0 Å². The molecule has 0 amide bonds. The van der Waals surface area contributed by atoms with E-state index < -0.39 is 0 Å². The van der Waals surface area contributed by atoms with E-state index in [1.165, 1.54) is 7.11 Å². The van der Waals surface area contributed by atoms with Crippen LogP contribution in [0.3, 0.4) is 0 Å². The van der Waals surface area contributed by atoms with Gasteiger partial charge in [0.15, 0.2) is 0 Å². The average Bonchev–Trinajstić information content (AvgIpc) is 1.68. The van der Waals surface area contributed by atoms with Gasteiger partial charge in [0.1, 0.15) is 7.11 Å². The average molecular weight is 102 g/mol. The maximum absolute atomic E-state index is 5.15. The highest BCUT2D eigenvalue weighted by atomic mass is 16.6. The second-order valence-electron chi connectivity index (χ2n) is 1.21. The van der Waals surface area contributed by atoms with Crippen LogP contribution in [0.4, 0.5) is 0 Å². The summed E-state index contributed by atoms with van der Waals surface area (Å²) >= 11 is 0. The van der Waals surface area contributed by atoms with Crippen LogP contribution < -0.4 is 5.73 Å². The SMILES string of the molecule is CON=C(C)CN. The Morgan fingerprint density at radius 2 is 2.43 bits per heavy atom. The van der Waals surface area contributed by atoms with Gasteiger partial charge in [0.2, 0.25) is 0 Å². The molecular formula is C4H10N2O. The molecule has 0 aliphatic rings. The number of nitrogens with zero attached hydrogens (tertiary/aromatic N) is 1. The van der Waals surface area contributed by atoms with Crippen molar-refractivity contribution in [3.63, 3.8) is 0 Å². The molecule has 42 valence electrons. The minimum Gasteiger partial charge on any atom is -0.399 e. The van der Waals surface area contributed by atoms with Crippen molar-refractivity contribution in [2.75, 3.05) is 13.7 Å². The molecule has 0 saturated carbocycles. The minimum absolute atomic E-state index is 0.466. The zero-order valence-corrected chi connectivity index (χ0v) is 4.64. The molecular weight excluding hydrogens is 92.1 g/mol. The maximum Gasteiger partial charge on any atom is 0.106 e. The summed E-state index contributed by atoms with van der Waals surface area (Å²) in [5.74, 6) is 0. The van der Waals surface area contributed by atoms with Crippen LogP contribution in [0.2, 0.25) is 0 Å². The lowest BCUT2D eigenvalue weighted by Gasteiger charge is -1.89. The van der Waals surface area contributed by atoms with Crippen LogP contribution in [0.5, 0.6) is 0 Å². The molecule has 0 saturated heterocycles. The predicted molar refractivity (Wildman–Crippen MR) is 29.2 cm³/mol. The molecule has 0 aliphatic carbocycles. The van der Waals surface area contributed by atoms with Crippen LogP contribution >= 0.6 is 0 Å². The van der Waals surface area contributed by atoms with Crippen molar-refractivity contribution in [2.45, 2.75) is 6.92 Å². The molecule has 7 heavy (non-hydrogen) atoms. The first-order valence-electron chi connectivity index (χ1n) is 2.08. The Morgan fingerprint density at radius 3 is 2.57 bits per heavy atom. The first kappa shape index (κ1) is 6.43. The van der Waals surface area contributed by atoms with E-state index in [0.29, 0.717) is 6.54 Å². The number of oxime groups is 1. The summed E-state index contributed by atoms with van der Waals surface area (Å²) in [7, 11) is 1.50. The third kappa shape index (κ3) is 3.26. The van der Waals surface area contributed by atoms with Crippen LogP contribution in [0.1, 0.15) is 6.92 Å². The Balaban J connectivity index is 3.29. The molecule has 2 N–H and O–H groups in total. The van der Waals surface area contributed by atoms with Crippen LogP contribution in [-0.4, -0.2) is 19.4 Å². The van der Waals surface area contributed by atoms with Gasteiger partial charge in [0, 0.05) is 6.54 Å². The quantitative estimate of drug-likeness (QED) is 0.393. The van der Waals surface area contributed by atoms with E-state index in [2.05, 4.69) is 9.99 Å². The highest BCUT2D eigenvalue weighted by Crippen LogP contribution is 1.71. The standard InChI is InChI=1S/C4H10N2O/c1-4(3-5)6-7-2/h3,5H2,1-2H3. The lowest BCUT2D eigenvalue weighted by molar-refractivity contribution is 0.213. The van der Waals surface area contributed by atoms with Gasteiger partial charge in [-0.1, -0.05) is 5.16 Å². The molecule has 0 heterocycles. The monoisotopic (exact) mass is 102 g/mol. The van der Waals surface area contributed by atoms with E-state index in [4.69, 9.17) is 5.73 Å². The van der Waals surface area contributed by atoms with E-state index in [1.54, 1.807) is 0 Å². The van der Waals surface area contributed by atoms with Crippen molar-refractivity contribution < 1.29 is 4.84 Å². The van der Waals surface area contributed by atoms with Gasteiger partial charge in [0.25, 0.3) is 0 Å². The Morgan fingerprint density at radius 1 is 1.86 bits per heavy atom. The molecule has 3 heteroatoms. The first-order chi connectivity index (χ1) is 3.31. The Bertz CT molecular complexity index is 70.1. The van der Waals surface area contributed by atoms with E-state index in [0.717, 1.165) is 5.71 Å². The van der Waals surface area contributed by atoms with Gasteiger partial charge in [0.05, 0.1) is 5.71 Å². The molecule has 0 aromatic rings. The topological polar surface area (TPSA) is 47.6 Å². The molecule has 0 radical (unpaired) electrons. The maximum atomic E-state index is 5.15. The van der Waals surface area contributed by atoms with E-state index in [1.807, 2.05) is 6.92 Å². The summed E-state index contributed by atoms with van der Waals surface area (Å²) in [5.41, 5.74) is 5.96. The van der Waals surface area contributed by atoms with Gasteiger partial charge >= 0.3 is 0 Å². The zero-order valence-electron chi connectivity index (χ0n) is 4.64. The fourth-order valence-electron chi connectivity index (χ4n) is 0.193. The van der Waals surface area contributed by atoms with Crippen molar-refractivity contribution in [3.05, 3.63) is 0 Å². The van der Waals surface area contributed by atoms with E-state index in [-0.39, 0.29) is 0 Å². The van der Waals surface area contributed by atoms with Gasteiger partial charge in [-0.3, -0.25) is 0 Å². The summed E-state index contributed by atoms with van der Waals surface area (Å²) < 4.78 is 0. The lowest BCUT2D eigenvalue weighted by Crippen LogP contribution is -2.09. The second kappa shape index (κ2) is 3.61. The lowest BCUT2D eigenvalue weighted by atomic mass is 10.4. The van der Waals surface area contributed by atoms with Gasteiger partial charge in [-0.25, -0.2) is 0 Å². The smallest absolute Gasteiger partial charge is 0.106 e. The fraction of sp³-hybridized carbons (Fsp3) is 0.750. The fourth-order valence-corrected chi connectivity index (χ4v) is 0.193. The molecule has 3 nitrogen and oxygen atoms in total. The van der Waals surface area contributed by atoms with Crippen LogP contribution in [0.25, 0.3) is 0 Å². The van der Waals surface area contributed by atoms with Gasteiger partial charge in [-0.2, -0.15) is 0 Å². The highest BCUT2D eigenvalue weighted by Gasteiger charge is 1.80. The number of nitrogens with two attached hydrogens (primary N) is 1. The number of hydrogen-bond acceptors (Lipinski definition) is 3. The summed E-state index contributed by atoms with van der Waals surface area (Å²) in [5, 5.41) is 3.53. The summed E-state index contributed by atoms with van der Waals surface area (Å²) in [6.07, 6.45) is 0. The largest absolute Gasteiger partial charge is 0.399 e. The third-order valence-electron chi connectivity index (χ3n) is 0.543. The Hall–Kier alpha value is -0.570. The van der Waals surface area contributed by atoms with Crippen molar-refractivity contribution in [2.24, 2.45) is 10.9 Å². The van der Waals surface area contributed by atoms with Gasteiger partial charge in [-0.15, -0.1) is 0 Å². The first-order valence-corrected chi connectivity index (χ1v) is 2.08. The third-order valence-corrected chi connectivity index (χ3v) is 0.543. The van der Waals surface area contributed by atoms with Crippen LogP contribution in [0.15, 0.2) is 5.16 Å².